The van der Waals surface area contributed by atoms with Crippen LogP contribution in [-0.2, 0) is 0 Å². The van der Waals surface area contributed by atoms with Crippen LogP contribution in [0.25, 0.3) is 0 Å². The first-order chi connectivity index (χ1) is 6.70. The number of rotatable bonds is 6. The van der Waals surface area contributed by atoms with Gasteiger partial charge in [0.25, 0.3) is 0 Å². The van der Waals surface area contributed by atoms with Gasteiger partial charge in [0.1, 0.15) is 0 Å². The molecule has 1 unspecified atom stereocenters. The standard InChI is InChI=1S/C9H15F5O/c1-2-3-4-5-7(15)6-8(10,11)9(12,13)14/h7,15H,2-6H2,1H3. The minimum absolute atomic E-state index is 0.0144. The van der Waals surface area contributed by atoms with E-state index in [2.05, 4.69) is 0 Å². The molecule has 0 aliphatic carbocycles. The molecule has 0 spiro atoms. The predicted octanol–water partition coefficient (Wildman–Crippen LogP) is 3.52. The maximum Gasteiger partial charge on any atom is 0.453 e. The molecule has 6 heteroatoms. The Kier molecular flexibility index (Phi) is 5.48. The van der Waals surface area contributed by atoms with Gasteiger partial charge in [-0.3, -0.25) is 0 Å². The van der Waals surface area contributed by atoms with Crippen molar-refractivity contribution >= 4 is 0 Å². The van der Waals surface area contributed by atoms with Crippen LogP contribution in [0, 0.1) is 0 Å². The Labute approximate surface area is 85.3 Å². The zero-order valence-corrected chi connectivity index (χ0v) is 8.45. The van der Waals surface area contributed by atoms with Crippen LogP contribution >= 0.6 is 0 Å². The highest BCUT2D eigenvalue weighted by Crippen LogP contribution is 2.39. The minimum atomic E-state index is -5.57. The SMILES string of the molecule is CCCCCC(O)CC(F)(F)C(F)(F)F. The molecular weight excluding hydrogens is 219 g/mol. The van der Waals surface area contributed by atoms with Crippen molar-refractivity contribution in [1.82, 2.24) is 0 Å². The predicted molar refractivity (Wildman–Crippen MR) is 45.8 cm³/mol. The van der Waals surface area contributed by atoms with Crippen LogP contribution in [0.15, 0.2) is 0 Å². The maximum atomic E-state index is 12.4. The van der Waals surface area contributed by atoms with Gasteiger partial charge in [0.05, 0.1) is 6.10 Å². The molecule has 0 aromatic rings. The number of aliphatic hydroxyl groups is 1. The third-order valence-electron chi connectivity index (χ3n) is 2.05. The Hall–Kier alpha value is -0.390. The molecule has 0 aromatic carbocycles. The van der Waals surface area contributed by atoms with Crippen LogP contribution < -0.4 is 0 Å². The molecule has 0 aliphatic heterocycles. The molecule has 0 saturated carbocycles. The molecule has 15 heavy (non-hydrogen) atoms. The van der Waals surface area contributed by atoms with Crippen molar-refractivity contribution in [3.8, 4) is 0 Å². The highest BCUT2D eigenvalue weighted by Gasteiger charge is 2.57. The molecule has 0 rings (SSSR count). The molecule has 0 heterocycles. The first-order valence-electron chi connectivity index (χ1n) is 4.83. The fourth-order valence-corrected chi connectivity index (χ4v) is 1.14. The van der Waals surface area contributed by atoms with E-state index in [1.807, 2.05) is 6.92 Å². The molecule has 0 fully saturated rings. The quantitative estimate of drug-likeness (QED) is 0.550. The Morgan fingerprint density at radius 2 is 1.60 bits per heavy atom. The van der Waals surface area contributed by atoms with Crippen LogP contribution in [-0.4, -0.2) is 23.3 Å². The van der Waals surface area contributed by atoms with Crippen LogP contribution in [0.3, 0.4) is 0 Å². The van der Waals surface area contributed by atoms with Gasteiger partial charge in [0.2, 0.25) is 0 Å². The molecular formula is C9H15F5O. The van der Waals surface area contributed by atoms with Crippen LogP contribution in [0.5, 0.6) is 0 Å². The number of hydrogen-bond acceptors (Lipinski definition) is 1. The summed E-state index contributed by atoms with van der Waals surface area (Å²) in [5.74, 6) is -4.79. The highest BCUT2D eigenvalue weighted by molar-refractivity contribution is 4.79. The monoisotopic (exact) mass is 234 g/mol. The first-order valence-corrected chi connectivity index (χ1v) is 4.83. The molecule has 1 atom stereocenters. The zero-order chi connectivity index (χ0) is 12.1. The third-order valence-corrected chi connectivity index (χ3v) is 2.05. The molecule has 1 N–H and O–H groups in total. The Morgan fingerprint density at radius 1 is 1.07 bits per heavy atom. The maximum absolute atomic E-state index is 12.4. The lowest BCUT2D eigenvalue weighted by atomic mass is 10.0. The second-order valence-electron chi connectivity index (χ2n) is 3.56. The number of aliphatic hydroxyl groups excluding tert-OH is 1. The van der Waals surface area contributed by atoms with E-state index in [0.717, 1.165) is 6.42 Å². The second kappa shape index (κ2) is 5.63. The molecule has 0 radical (unpaired) electrons. The normalized spacial score (nSPS) is 15.4. The fourth-order valence-electron chi connectivity index (χ4n) is 1.14. The Balaban J connectivity index is 3.99. The molecule has 0 aliphatic rings. The summed E-state index contributed by atoms with van der Waals surface area (Å²) >= 11 is 0. The van der Waals surface area contributed by atoms with Gasteiger partial charge in [-0.1, -0.05) is 26.2 Å². The number of unbranched alkanes of at least 4 members (excludes halogenated alkanes) is 2. The van der Waals surface area contributed by atoms with Crippen LogP contribution in [0.4, 0.5) is 22.0 Å². The van der Waals surface area contributed by atoms with Gasteiger partial charge < -0.3 is 5.11 Å². The summed E-state index contributed by atoms with van der Waals surface area (Å²) in [7, 11) is 0. The lowest BCUT2D eigenvalue weighted by molar-refractivity contribution is -0.290. The van der Waals surface area contributed by atoms with Crippen molar-refractivity contribution in [2.24, 2.45) is 0 Å². The summed E-state index contributed by atoms with van der Waals surface area (Å²) in [6, 6.07) is 0. The molecule has 92 valence electrons. The van der Waals surface area contributed by atoms with E-state index in [1.165, 1.54) is 0 Å². The number of alkyl halides is 5. The van der Waals surface area contributed by atoms with E-state index in [9.17, 15) is 22.0 Å². The Morgan fingerprint density at radius 3 is 2.00 bits per heavy atom. The van der Waals surface area contributed by atoms with Crippen molar-refractivity contribution in [3.63, 3.8) is 0 Å². The summed E-state index contributed by atoms with van der Waals surface area (Å²) in [4.78, 5) is 0. The lowest BCUT2D eigenvalue weighted by Gasteiger charge is -2.22. The van der Waals surface area contributed by atoms with Crippen molar-refractivity contribution < 1.29 is 27.1 Å². The summed E-state index contributed by atoms with van der Waals surface area (Å²) in [5.41, 5.74) is 0. The summed E-state index contributed by atoms with van der Waals surface area (Å²) in [6.07, 6.45) is -6.71. The third kappa shape index (κ3) is 5.30. The summed E-state index contributed by atoms with van der Waals surface area (Å²) in [6.45, 7) is 1.87. The minimum Gasteiger partial charge on any atom is -0.393 e. The largest absolute Gasteiger partial charge is 0.453 e. The van der Waals surface area contributed by atoms with E-state index >= 15 is 0 Å². The fraction of sp³-hybridized carbons (Fsp3) is 1.00. The molecule has 1 nitrogen and oxygen atoms in total. The van der Waals surface area contributed by atoms with E-state index in [-0.39, 0.29) is 6.42 Å². The highest BCUT2D eigenvalue weighted by atomic mass is 19.4. The topological polar surface area (TPSA) is 20.2 Å². The van der Waals surface area contributed by atoms with Gasteiger partial charge in [-0.25, -0.2) is 0 Å². The van der Waals surface area contributed by atoms with Gasteiger partial charge in [-0.15, -0.1) is 0 Å². The van der Waals surface area contributed by atoms with Gasteiger partial charge in [-0.2, -0.15) is 22.0 Å². The number of hydrogen-bond donors (Lipinski definition) is 1. The molecule has 0 saturated heterocycles. The van der Waals surface area contributed by atoms with Crippen molar-refractivity contribution in [3.05, 3.63) is 0 Å². The van der Waals surface area contributed by atoms with Gasteiger partial charge in [0, 0.05) is 6.42 Å². The molecule has 0 bridgehead atoms. The Bertz CT molecular complexity index is 178. The second-order valence-corrected chi connectivity index (χ2v) is 3.56. The first kappa shape index (κ1) is 14.6. The zero-order valence-electron chi connectivity index (χ0n) is 8.45. The van der Waals surface area contributed by atoms with E-state index in [4.69, 9.17) is 5.11 Å². The van der Waals surface area contributed by atoms with E-state index < -0.39 is 24.6 Å². The van der Waals surface area contributed by atoms with E-state index in [1.54, 1.807) is 0 Å². The molecule has 0 aromatic heterocycles. The van der Waals surface area contributed by atoms with E-state index in [0.29, 0.717) is 12.8 Å². The van der Waals surface area contributed by atoms with Crippen molar-refractivity contribution in [1.29, 1.82) is 0 Å². The van der Waals surface area contributed by atoms with Gasteiger partial charge in [-0.05, 0) is 6.42 Å². The van der Waals surface area contributed by atoms with Crippen LogP contribution in [0.1, 0.15) is 39.0 Å². The van der Waals surface area contributed by atoms with Gasteiger partial charge >= 0.3 is 12.1 Å². The average Bonchev–Trinajstić information content (AvgIpc) is 2.01. The van der Waals surface area contributed by atoms with Gasteiger partial charge in [0.15, 0.2) is 0 Å². The van der Waals surface area contributed by atoms with Crippen molar-refractivity contribution in [2.45, 2.75) is 57.2 Å². The summed E-state index contributed by atoms with van der Waals surface area (Å²) in [5, 5.41) is 8.99. The smallest absolute Gasteiger partial charge is 0.393 e. The van der Waals surface area contributed by atoms with Crippen molar-refractivity contribution in [2.75, 3.05) is 0 Å². The average molecular weight is 234 g/mol. The molecule has 0 amide bonds. The lowest BCUT2D eigenvalue weighted by Crippen LogP contribution is -2.39. The number of halogens is 5. The van der Waals surface area contributed by atoms with Crippen LogP contribution in [0.2, 0.25) is 0 Å². The summed E-state index contributed by atoms with van der Waals surface area (Å²) < 4.78 is 60.0.